The van der Waals surface area contributed by atoms with Gasteiger partial charge in [-0.3, -0.25) is 0 Å². The second kappa shape index (κ2) is 6.89. The van der Waals surface area contributed by atoms with Crippen molar-refractivity contribution in [2.75, 3.05) is 6.61 Å². The van der Waals surface area contributed by atoms with Crippen LogP contribution >= 0.6 is 0 Å². The minimum atomic E-state index is -0.0210. The number of hydrogen-bond donors (Lipinski definition) is 1. The highest BCUT2D eigenvalue weighted by Gasteiger charge is 2.01. The van der Waals surface area contributed by atoms with Gasteiger partial charge in [-0.15, -0.1) is 5.10 Å². The Hall–Kier alpha value is -1.88. The molecule has 5 heteroatoms. The van der Waals surface area contributed by atoms with Gasteiger partial charge < -0.3 is 9.84 Å². The van der Waals surface area contributed by atoms with E-state index in [2.05, 4.69) is 10.3 Å². The van der Waals surface area contributed by atoms with E-state index >= 15 is 0 Å². The molecule has 1 aromatic heterocycles. The highest BCUT2D eigenvalue weighted by Crippen LogP contribution is 2.12. The van der Waals surface area contributed by atoms with Crippen molar-refractivity contribution >= 4 is 0 Å². The van der Waals surface area contributed by atoms with Gasteiger partial charge in [-0.05, 0) is 37.5 Å². The molecule has 0 bridgehead atoms. The summed E-state index contributed by atoms with van der Waals surface area (Å²) in [5, 5.41) is 16.8. The summed E-state index contributed by atoms with van der Waals surface area (Å²) in [6.45, 7) is 3.47. The van der Waals surface area contributed by atoms with Crippen LogP contribution in [0.5, 0.6) is 5.75 Å². The van der Waals surface area contributed by atoms with Crippen LogP contribution in [0.2, 0.25) is 0 Å². The first-order chi connectivity index (χ1) is 9.29. The maximum absolute atomic E-state index is 9.06. The molecule has 0 fully saturated rings. The number of aliphatic hydroxyl groups is 1. The lowest BCUT2D eigenvalue weighted by molar-refractivity contribution is 0.264. The van der Waals surface area contributed by atoms with Gasteiger partial charge in [0.05, 0.1) is 25.1 Å². The number of benzene rings is 1. The Kier molecular flexibility index (Phi) is 4.92. The summed E-state index contributed by atoms with van der Waals surface area (Å²) in [5.41, 5.74) is 1.95. The van der Waals surface area contributed by atoms with Crippen LogP contribution in [0.3, 0.4) is 0 Å². The van der Waals surface area contributed by atoms with Crippen molar-refractivity contribution in [2.45, 2.75) is 32.9 Å². The van der Waals surface area contributed by atoms with Crippen molar-refractivity contribution in [2.24, 2.45) is 0 Å². The van der Waals surface area contributed by atoms with Gasteiger partial charge in [0.1, 0.15) is 5.75 Å². The molecular weight excluding hydrogens is 242 g/mol. The average Bonchev–Trinajstić information content (AvgIpc) is 2.86. The van der Waals surface area contributed by atoms with E-state index in [1.54, 1.807) is 10.9 Å². The molecule has 0 saturated carbocycles. The van der Waals surface area contributed by atoms with E-state index in [1.807, 2.05) is 31.2 Å². The van der Waals surface area contributed by atoms with E-state index in [0.717, 1.165) is 30.8 Å². The third-order valence-electron chi connectivity index (χ3n) is 2.88. The lowest BCUT2D eigenvalue weighted by Gasteiger charge is -2.07. The van der Waals surface area contributed by atoms with Crippen LogP contribution < -0.4 is 4.74 Å². The molecule has 0 amide bonds. The number of ether oxygens (including phenoxy) is 1. The third kappa shape index (κ3) is 4.06. The molecule has 2 rings (SSSR count). The molecule has 102 valence electrons. The monoisotopic (exact) mass is 261 g/mol. The van der Waals surface area contributed by atoms with E-state index in [1.165, 1.54) is 5.56 Å². The summed E-state index contributed by atoms with van der Waals surface area (Å²) >= 11 is 0. The Bertz CT molecular complexity index is 511. The standard InChI is InChI=1S/C14H19N3O2/c1-12-5-4-6-14(9-12)19-8-3-2-7-17-13(11-18)10-15-16-17/h4-6,9-10,18H,2-3,7-8,11H2,1H3. The van der Waals surface area contributed by atoms with Gasteiger partial charge in [0.15, 0.2) is 0 Å². The predicted molar refractivity (Wildman–Crippen MR) is 71.9 cm³/mol. The van der Waals surface area contributed by atoms with Crippen molar-refractivity contribution in [3.63, 3.8) is 0 Å². The average molecular weight is 261 g/mol. The maximum Gasteiger partial charge on any atom is 0.119 e. The SMILES string of the molecule is Cc1cccc(OCCCCn2nncc2CO)c1. The number of nitrogens with zero attached hydrogens (tertiary/aromatic N) is 3. The molecule has 0 radical (unpaired) electrons. The normalized spacial score (nSPS) is 10.6. The molecule has 0 aliphatic carbocycles. The van der Waals surface area contributed by atoms with Crippen LogP contribution in [0.15, 0.2) is 30.5 Å². The molecule has 1 aromatic carbocycles. The minimum absolute atomic E-state index is 0.0210. The van der Waals surface area contributed by atoms with Crippen molar-refractivity contribution in [1.82, 2.24) is 15.0 Å². The van der Waals surface area contributed by atoms with Crippen LogP contribution in [0.1, 0.15) is 24.1 Å². The molecule has 0 spiro atoms. The maximum atomic E-state index is 9.06. The van der Waals surface area contributed by atoms with Crippen molar-refractivity contribution in [1.29, 1.82) is 0 Å². The van der Waals surface area contributed by atoms with Crippen LogP contribution in [0.25, 0.3) is 0 Å². The minimum Gasteiger partial charge on any atom is -0.494 e. The number of aryl methyl sites for hydroxylation is 2. The summed E-state index contributed by atoms with van der Waals surface area (Å²) in [6, 6.07) is 8.04. The van der Waals surface area contributed by atoms with Crippen LogP contribution in [-0.2, 0) is 13.2 Å². The number of aromatic nitrogens is 3. The first-order valence-corrected chi connectivity index (χ1v) is 6.47. The Morgan fingerprint density at radius 1 is 1.32 bits per heavy atom. The van der Waals surface area contributed by atoms with Gasteiger partial charge >= 0.3 is 0 Å². The molecule has 1 N–H and O–H groups in total. The number of aliphatic hydroxyl groups excluding tert-OH is 1. The first kappa shape index (κ1) is 13.5. The van der Waals surface area contributed by atoms with E-state index in [4.69, 9.17) is 9.84 Å². The van der Waals surface area contributed by atoms with Gasteiger partial charge in [0, 0.05) is 6.54 Å². The second-order valence-electron chi connectivity index (χ2n) is 4.48. The van der Waals surface area contributed by atoms with E-state index in [9.17, 15) is 0 Å². The van der Waals surface area contributed by atoms with E-state index in [-0.39, 0.29) is 6.61 Å². The molecule has 0 saturated heterocycles. The zero-order valence-electron chi connectivity index (χ0n) is 11.1. The van der Waals surface area contributed by atoms with Crippen LogP contribution in [0, 0.1) is 6.92 Å². The Labute approximate surface area is 112 Å². The van der Waals surface area contributed by atoms with Gasteiger partial charge in [-0.2, -0.15) is 0 Å². The number of hydrogen-bond acceptors (Lipinski definition) is 4. The summed E-state index contributed by atoms with van der Waals surface area (Å²) in [4.78, 5) is 0. The van der Waals surface area contributed by atoms with Crippen molar-refractivity contribution in [3.05, 3.63) is 41.7 Å². The van der Waals surface area contributed by atoms with Crippen LogP contribution in [0.4, 0.5) is 0 Å². The van der Waals surface area contributed by atoms with E-state index in [0.29, 0.717) is 6.61 Å². The molecule has 19 heavy (non-hydrogen) atoms. The molecule has 0 atom stereocenters. The fraction of sp³-hybridized carbons (Fsp3) is 0.429. The van der Waals surface area contributed by atoms with Gasteiger partial charge in [0.25, 0.3) is 0 Å². The first-order valence-electron chi connectivity index (χ1n) is 6.47. The summed E-state index contributed by atoms with van der Waals surface area (Å²) in [7, 11) is 0. The molecule has 2 aromatic rings. The van der Waals surface area contributed by atoms with Crippen molar-refractivity contribution < 1.29 is 9.84 Å². The summed E-state index contributed by atoms with van der Waals surface area (Å²) in [6.07, 6.45) is 3.48. The smallest absolute Gasteiger partial charge is 0.119 e. The topological polar surface area (TPSA) is 60.2 Å². The van der Waals surface area contributed by atoms with Crippen LogP contribution in [-0.4, -0.2) is 26.7 Å². The van der Waals surface area contributed by atoms with Gasteiger partial charge in [-0.1, -0.05) is 17.3 Å². The predicted octanol–water partition coefficient (Wildman–Crippen LogP) is 1.94. The largest absolute Gasteiger partial charge is 0.494 e. The molecule has 1 heterocycles. The fourth-order valence-corrected chi connectivity index (χ4v) is 1.85. The fourth-order valence-electron chi connectivity index (χ4n) is 1.85. The molecule has 0 aliphatic rings. The Balaban J connectivity index is 1.67. The highest BCUT2D eigenvalue weighted by molar-refractivity contribution is 5.27. The van der Waals surface area contributed by atoms with Gasteiger partial charge in [-0.25, -0.2) is 4.68 Å². The number of unbranched alkanes of at least 4 members (excludes halogenated alkanes) is 1. The summed E-state index contributed by atoms with van der Waals surface area (Å²) < 4.78 is 7.40. The molecule has 0 unspecified atom stereocenters. The highest BCUT2D eigenvalue weighted by atomic mass is 16.5. The molecule has 5 nitrogen and oxygen atoms in total. The van der Waals surface area contributed by atoms with Crippen molar-refractivity contribution in [3.8, 4) is 5.75 Å². The van der Waals surface area contributed by atoms with E-state index < -0.39 is 0 Å². The molecule has 0 aliphatic heterocycles. The van der Waals surface area contributed by atoms with Gasteiger partial charge in [0.2, 0.25) is 0 Å². The quantitative estimate of drug-likeness (QED) is 0.774. The second-order valence-corrected chi connectivity index (χ2v) is 4.48. The number of rotatable bonds is 7. The molecular formula is C14H19N3O2. The Morgan fingerprint density at radius 3 is 3.00 bits per heavy atom. The lowest BCUT2D eigenvalue weighted by Crippen LogP contribution is -2.07. The zero-order chi connectivity index (χ0) is 13.5. The summed E-state index contributed by atoms with van der Waals surface area (Å²) in [5.74, 6) is 0.914. The lowest BCUT2D eigenvalue weighted by atomic mass is 10.2. The third-order valence-corrected chi connectivity index (χ3v) is 2.88. The zero-order valence-corrected chi connectivity index (χ0v) is 11.1. The Morgan fingerprint density at radius 2 is 2.21 bits per heavy atom.